The molecule has 0 fully saturated rings. The Hall–Kier alpha value is -4.92. The zero-order valence-corrected chi connectivity index (χ0v) is 18.3. The maximum Gasteiger partial charge on any atom is 0.416 e. The van der Waals surface area contributed by atoms with Crippen LogP contribution in [0, 0.1) is 27.3 Å². The first-order valence-corrected chi connectivity index (χ1v) is 9.92. The van der Waals surface area contributed by atoms with Crippen LogP contribution in [0.15, 0.2) is 66.2 Å². The van der Waals surface area contributed by atoms with E-state index in [9.17, 15) is 37.7 Å². The number of hydrogen-bond donors (Lipinski definition) is 1. The number of rotatable bonds is 7. The second-order valence-electron chi connectivity index (χ2n) is 7.08. The Kier molecular flexibility index (Phi) is 7.54. The van der Waals surface area contributed by atoms with Crippen LogP contribution in [-0.2, 0) is 11.0 Å². The molecule has 3 aromatic carbocycles. The molecule has 0 unspecified atom stereocenters. The van der Waals surface area contributed by atoms with Crippen molar-refractivity contribution in [3.8, 4) is 23.3 Å². The molecular formula is C24H15F4N3O5. The van der Waals surface area contributed by atoms with Crippen molar-refractivity contribution < 1.29 is 36.8 Å². The number of nitrogens with one attached hydrogen (secondary N) is 1. The van der Waals surface area contributed by atoms with Crippen molar-refractivity contribution in [3.05, 3.63) is 93.3 Å². The van der Waals surface area contributed by atoms with Gasteiger partial charge in [-0.05, 0) is 60.2 Å². The first-order chi connectivity index (χ1) is 17.0. The summed E-state index contributed by atoms with van der Waals surface area (Å²) in [6.45, 7) is 0. The Balaban J connectivity index is 1.88. The summed E-state index contributed by atoms with van der Waals surface area (Å²) in [5.41, 5.74) is -1.83. The summed E-state index contributed by atoms with van der Waals surface area (Å²) in [6, 6.07) is 12.5. The number of nitrogens with zero attached hydrogens (tertiary/aromatic N) is 2. The number of nitro benzene ring substituents is 1. The van der Waals surface area contributed by atoms with E-state index in [0.717, 1.165) is 18.2 Å². The molecule has 36 heavy (non-hydrogen) atoms. The zero-order valence-electron chi connectivity index (χ0n) is 18.3. The van der Waals surface area contributed by atoms with Crippen molar-refractivity contribution in [1.82, 2.24) is 0 Å². The van der Waals surface area contributed by atoms with Crippen LogP contribution in [0.4, 0.5) is 28.9 Å². The third-order valence-corrected chi connectivity index (χ3v) is 4.67. The smallest absolute Gasteiger partial charge is 0.416 e. The van der Waals surface area contributed by atoms with Crippen LogP contribution in [0.5, 0.6) is 17.2 Å². The van der Waals surface area contributed by atoms with Crippen LogP contribution in [0.25, 0.3) is 6.08 Å². The van der Waals surface area contributed by atoms with E-state index in [-0.39, 0.29) is 22.8 Å². The average Bonchev–Trinajstić information content (AvgIpc) is 2.84. The summed E-state index contributed by atoms with van der Waals surface area (Å²) in [6.07, 6.45) is -3.55. The second kappa shape index (κ2) is 10.6. The lowest BCUT2D eigenvalue weighted by Crippen LogP contribution is -2.13. The lowest BCUT2D eigenvalue weighted by molar-refractivity contribution is -0.385. The molecule has 0 atom stereocenters. The number of carbonyl (C=O) groups is 1. The highest BCUT2D eigenvalue weighted by atomic mass is 19.4. The van der Waals surface area contributed by atoms with E-state index in [1.165, 1.54) is 43.5 Å². The van der Waals surface area contributed by atoms with Crippen LogP contribution < -0.4 is 14.8 Å². The van der Waals surface area contributed by atoms with E-state index in [4.69, 9.17) is 9.47 Å². The molecule has 0 radical (unpaired) electrons. The minimum absolute atomic E-state index is 0.0224. The highest BCUT2D eigenvalue weighted by molar-refractivity contribution is 6.09. The van der Waals surface area contributed by atoms with Crippen molar-refractivity contribution in [2.75, 3.05) is 12.4 Å². The van der Waals surface area contributed by atoms with Gasteiger partial charge in [0.1, 0.15) is 17.5 Å². The molecule has 3 aromatic rings. The predicted molar refractivity (Wildman–Crippen MR) is 120 cm³/mol. The van der Waals surface area contributed by atoms with Crippen LogP contribution in [-0.4, -0.2) is 17.9 Å². The number of carbonyl (C=O) groups excluding carboxylic acids is 1. The molecule has 1 amide bonds. The molecular weight excluding hydrogens is 486 g/mol. The van der Waals surface area contributed by atoms with E-state index in [1.807, 2.05) is 0 Å². The Bertz CT molecular complexity index is 1380. The number of halogens is 4. The average molecular weight is 501 g/mol. The topological polar surface area (TPSA) is 114 Å². The lowest BCUT2D eigenvalue weighted by Gasteiger charge is -2.13. The molecule has 0 heterocycles. The van der Waals surface area contributed by atoms with E-state index >= 15 is 0 Å². The summed E-state index contributed by atoms with van der Waals surface area (Å²) in [5, 5.41) is 23.1. The summed E-state index contributed by atoms with van der Waals surface area (Å²) in [7, 11) is 1.25. The van der Waals surface area contributed by atoms with Gasteiger partial charge in [-0.25, -0.2) is 4.39 Å². The van der Waals surface area contributed by atoms with Crippen LogP contribution >= 0.6 is 0 Å². The number of amides is 1. The third kappa shape index (κ3) is 6.15. The van der Waals surface area contributed by atoms with Gasteiger partial charge in [0, 0.05) is 11.8 Å². The Morgan fingerprint density at radius 1 is 1.06 bits per heavy atom. The zero-order chi connectivity index (χ0) is 26.5. The van der Waals surface area contributed by atoms with E-state index in [1.54, 1.807) is 6.07 Å². The number of methoxy groups -OCH3 is 1. The Morgan fingerprint density at radius 2 is 1.72 bits per heavy atom. The number of anilines is 1. The molecule has 1 N–H and O–H groups in total. The van der Waals surface area contributed by atoms with Gasteiger partial charge in [-0.1, -0.05) is 6.07 Å². The molecule has 184 valence electrons. The molecule has 0 saturated carbocycles. The van der Waals surface area contributed by atoms with Gasteiger partial charge in [-0.3, -0.25) is 14.9 Å². The van der Waals surface area contributed by atoms with Crippen LogP contribution in [0.2, 0.25) is 0 Å². The molecule has 3 rings (SSSR count). The fourth-order valence-electron chi connectivity index (χ4n) is 2.95. The molecule has 0 aliphatic heterocycles. The van der Waals surface area contributed by atoms with E-state index in [0.29, 0.717) is 17.7 Å². The third-order valence-electron chi connectivity index (χ3n) is 4.67. The quantitative estimate of drug-likeness (QED) is 0.138. The largest absolute Gasteiger partial charge is 0.493 e. The minimum atomic E-state index is -4.78. The fraction of sp³-hybridized carbons (Fsp3) is 0.0833. The minimum Gasteiger partial charge on any atom is -0.493 e. The monoisotopic (exact) mass is 501 g/mol. The molecule has 0 aromatic heterocycles. The van der Waals surface area contributed by atoms with Gasteiger partial charge >= 0.3 is 11.9 Å². The lowest BCUT2D eigenvalue weighted by atomic mass is 10.1. The summed E-state index contributed by atoms with van der Waals surface area (Å²) in [4.78, 5) is 22.7. The Morgan fingerprint density at radius 3 is 2.31 bits per heavy atom. The van der Waals surface area contributed by atoms with Crippen molar-refractivity contribution in [2.45, 2.75) is 6.18 Å². The predicted octanol–water partition coefficient (Wildman–Crippen LogP) is 6.10. The number of alkyl halides is 3. The van der Waals surface area contributed by atoms with Crippen molar-refractivity contribution >= 4 is 23.4 Å². The molecule has 0 aliphatic carbocycles. The molecule has 0 aliphatic rings. The molecule has 0 bridgehead atoms. The van der Waals surface area contributed by atoms with Gasteiger partial charge < -0.3 is 14.8 Å². The number of nitriles is 1. The Labute approximate surface area is 201 Å². The number of benzene rings is 3. The van der Waals surface area contributed by atoms with E-state index in [2.05, 4.69) is 5.32 Å². The fourth-order valence-corrected chi connectivity index (χ4v) is 2.95. The van der Waals surface area contributed by atoms with Crippen LogP contribution in [0.1, 0.15) is 11.1 Å². The van der Waals surface area contributed by atoms with Gasteiger partial charge in [-0.15, -0.1) is 0 Å². The van der Waals surface area contributed by atoms with Gasteiger partial charge in [0.2, 0.25) is 5.75 Å². The SMILES string of the molecule is COc1cc(/C=C(\C#N)C(=O)Nc2ccc(F)cc2)ccc1Oc1ccc(C(F)(F)F)cc1[N+](=O)[O-]. The summed E-state index contributed by atoms with van der Waals surface area (Å²) < 4.78 is 62.5. The van der Waals surface area contributed by atoms with Gasteiger partial charge in [-0.2, -0.15) is 18.4 Å². The normalized spacial score (nSPS) is 11.4. The van der Waals surface area contributed by atoms with Gasteiger partial charge in [0.25, 0.3) is 5.91 Å². The maximum absolute atomic E-state index is 13.0. The highest BCUT2D eigenvalue weighted by Gasteiger charge is 2.33. The summed E-state index contributed by atoms with van der Waals surface area (Å²) >= 11 is 0. The first-order valence-electron chi connectivity index (χ1n) is 9.92. The standard InChI is InChI=1S/C24H15F4N3O5/c1-35-22-11-14(10-15(13-29)23(32)30-18-6-4-17(25)5-7-18)2-8-21(22)36-20-9-3-16(24(26,27)28)12-19(20)31(33)34/h2-12H,1H3,(H,30,32)/b15-10+. The van der Waals surface area contributed by atoms with Crippen LogP contribution in [0.3, 0.4) is 0 Å². The first kappa shape index (κ1) is 25.7. The molecule has 0 spiro atoms. The highest BCUT2D eigenvalue weighted by Crippen LogP contribution is 2.40. The number of ether oxygens (including phenoxy) is 2. The molecule has 8 nitrogen and oxygen atoms in total. The van der Waals surface area contributed by atoms with Crippen molar-refractivity contribution in [1.29, 1.82) is 5.26 Å². The summed E-state index contributed by atoms with van der Waals surface area (Å²) in [5.74, 6) is -1.75. The second-order valence-corrected chi connectivity index (χ2v) is 7.08. The van der Waals surface area contributed by atoms with Gasteiger partial charge in [0.05, 0.1) is 17.6 Å². The number of hydrogen-bond acceptors (Lipinski definition) is 6. The number of nitro groups is 1. The van der Waals surface area contributed by atoms with E-state index < -0.39 is 39.8 Å². The van der Waals surface area contributed by atoms with Crippen molar-refractivity contribution in [3.63, 3.8) is 0 Å². The van der Waals surface area contributed by atoms with Crippen molar-refractivity contribution in [2.24, 2.45) is 0 Å². The van der Waals surface area contributed by atoms with Gasteiger partial charge in [0.15, 0.2) is 11.5 Å². The molecule has 0 saturated heterocycles. The molecule has 12 heteroatoms. The maximum atomic E-state index is 13.0.